The zero-order valence-corrected chi connectivity index (χ0v) is 11.5. The van der Waals surface area contributed by atoms with Gasteiger partial charge in [-0.25, -0.2) is 0 Å². The zero-order valence-electron chi connectivity index (χ0n) is 11.5. The highest BCUT2D eigenvalue weighted by molar-refractivity contribution is 5.49. The summed E-state index contributed by atoms with van der Waals surface area (Å²) in [6.07, 6.45) is 0.547. The number of benzene rings is 1. The summed E-state index contributed by atoms with van der Waals surface area (Å²) in [6, 6.07) is 5.82. The van der Waals surface area contributed by atoms with E-state index in [1.807, 2.05) is 18.2 Å². The predicted molar refractivity (Wildman–Crippen MR) is 74.8 cm³/mol. The van der Waals surface area contributed by atoms with Gasteiger partial charge in [-0.15, -0.1) is 0 Å². The zero-order chi connectivity index (χ0) is 14.1. The molecule has 4 rings (SSSR count). The average Bonchev–Trinajstić information content (AvgIpc) is 3.17. The summed E-state index contributed by atoms with van der Waals surface area (Å²) in [5.74, 6) is 2.80. The van der Waals surface area contributed by atoms with Crippen LogP contribution in [0.4, 0.5) is 5.95 Å². The van der Waals surface area contributed by atoms with Crippen molar-refractivity contribution in [1.29, 1.82) is 0 Å². The van der Waals surface area contributed by atoms with E-state index in [2.05, 4.69) is 20.4 Å². The lowest BCUT2D eigenvalue weighted by molar-refractivity contribution is 0.173. The SMILES string of the molecule is c1cc(Cc2nc(N3CCNCC3)no2)c2c(c1)OCO2. The highest BCUT2D eigenvalue weighted by Gasteiger charge is 2.21. The predicted octanol–water partition coefficient (Wildman–Crippen LogP) is 0.799. The minimum atomic E-state index is 0.266. The average molecular weight is 288 g/mol. The molecule has 110 valence electrons. The molecule has 1 N–H and O–H groups in total. The Morgan fingerprint density at radius 1 is 1.19 bits per heavy atom. The lowest BCUT2D eigenvalue weighted by Crippen LogP contribution is -2.44. The van der Waals surface area contributed by atoms with Crippen LogP contribution in [0.3, 0.4) is 0 Å². The number of aromatic nitrogens is 2. The second kappa shape index (κ2) is 5.25. The van der Waals surface area contributed by atoms with Crippen molar-refractivity contribution in [2.75, 3.05) is 37.9 Å². The largest absolute Gasteiger partial charge is 0.454 e. The summed E-state index contributed by atoms with van der Waals surface area (Å²) in [5.41, 5.74) is 1.00. The molecule has 0 atom stereocenters. The number of anilines is 1. The molecule has 1 saturated heterocycles. The summed E-state index contributed by atoms with van der Waals surface area (Å²) in [7, 11) is 0. The van der Waals surface area contributed by atoms with Crippen LogP contribution < -0.4 is 19.7 Å². The van der Waals surface area contributed by atoms with E-state index in [1.54, 1.807) is 0 Å². The van der Waals surface area contributed by atoms with E-state index < -0.39 is 0 Å². The summed E-state index contributed by atoms with van der Waals surface area (Å²) in [6.45, 7) is 3.96. The standard InChI is InChI=1S/C14H16N4O3/c1-2-10(13-11(3-1)19-9-20-13)8-12-16-14(17-21-12)18-6-4-15-5-7-18/h1-3,15H,4-9H2. The van der Waals surface area contributed by atoms with Gasteiger partial charge in [-0.3, -0.25) is 0 Å². The smallest absolute Gasteiger partial charge is 0.266 e. The number of fused-ring (bicyclic) bond motifs is 1. The van der Waals surface area contributed by atoms with Gasteiger partial charge in [0.15, 0.2) is 11.5 Å². The number of para-hydroxylation sites is 1. The Balaban J connectivity index is 1.53. The van der Waals surface area contributed by atoms with Gasteiger partial charge in [-0.1, -0.05) is 12.1 Å². The highest BCUT2D eigenvalue weighted by Crippen LogP contribution is 2.36. The first-order valence-electron chi connectivity index (χ1n) is 7.06. The normalized spacial score (nSPS) is 17.2. The van der Waals surface area contributed by atoms with Crippen LogP contribution in [-0.4, -0.2) is 43.1 Å². The highest BCUT2D eigenvalue weighted by atomic mass is 16.7. The number of piperazine rings is 1. The summed E-state index contributed by atoms with van der Waals surface area (Å²) < 4.78 is 16.2. The van der Waals surface area contributed by atoms with E-state index in [0.717, 1.165) is 43.2 Å². The van der Waals surface area contributed by atoms with Crippen LogP contribution in [0.25, 0.3) is 0 Å². The van der Waals surface area contributed by atoms with Gasteiger partial charge in [0.2, 0.25) is 12.7 Å². The molecule has 0 radical (unpaired) electrons. The fourth-order valence-corrected chi connectivity index (χ4v) is 2.60. The van der Waals surface area contributed by atoms with E-state index in [-0.39, 0.29) is 6.79 Å². The molecule has 0 aliphatic carbocycles. The first-order chi connectivity index (χ1) is 10.4. The first kappa shape index (κ1) is 12.5. The van der Waals surface area contributed by atoms with E-state index in [0.29, 0.717) is 18.3 Å². The minimum Gasteiger partial charge on any atom is -0.454 e. The van der Waals surface area contributed by atoms with Crippen molar-refractivity contribution in [2.45, 2.75) is 6.42 Å². The molecule has 0 amide bonds. The lowest BCUT2D eigenvalue weighted by atomic mass is 10.1. The van der Waals surface area contributed by atoms with Gasteiger partial charge in [0.25, 0.3) is 5.95 Å². The van der Waals surface area contributed by atoms with Crippen molar-refractivity contribution in [2.24, 2.45) is 0 Å². The van der Waals surface area contributed by atoms with Crippen LogP contribution in [0.5, 0.6) is 11.5 Å². The van der Waals surface area contributed by atoms with Gasteiger partial charge in [0.1, 0.15) is 0 Å². The molecule has 1 aromatic carbocycles. The van der Waals surface area contributed by atoms with Gasteiger partial charge in [0.05, 0.1) is 6.42 Å². The summed E-state index contributed by atoms with van der Waals surface area (Å²) in [4.78, 5) is 6.60. The number of hydrogen-bond acceptors (Lipinski definition) is 7. The maximum Gasteiger partial charge on any atom is 0.266 e. The van der Waals surface area contributed by atoms with Crippen molar-refractivity contribution in [3.05, 3.63) is 29.7 Å². The number of hydrogen-bond donors (Lipinski definition) is 1. The summed E-state index contributed by atoms with van der Waals surface area (Å²) >= 11 is 0. The Bertz CT molecular complexity index is 637. The van der Waals surface area contributed by atoms with Crippen molar-refractivity contribution in [3.63, 3.8) is 0 Å². The quantitative estimate of drug-likeness (QED) is 0.895. The second-order valence-corrected chi connectivity index (χ2v) is 5.05. The van der Waals surface area contributed by atoms with Gasteiger partial charge in [-0.05, 0) is 11.2 Å². The Hall–Kier alpha value is -2.28. The van der Waals surface area contributed by atoms with Gasteiger partial charge >= 0.3 is 0 Å². The Labute approximate surface area is 121 Å². The second-order valence-electron chi connectivity index (χ2n) is 5.05. The molecule has 0 unspecified atom stereocenters. The minimum absolute atomic E-state index is 0.266. The molecular formula is C14H16N4O3. The van der Waals surface area contributed by atoms with E-state index in [1.165, 1.54) is 0 Å². The van der Waals surface area contributed by atoms with E-state index >= 15 is 0 Å². The van der Waals surface area contributed by atoms with Crippen molar-refractivity contribution < 1.29 is 14.0 Å². The molecule has 7 nitrogen and oxygen atoms in total. The molecule has 1 aromatic heterocycles. The molecule has 1 fully saturated rings. The summed E-state index contributed by atoms with van der Waals surface area (Å²) in [5, 5.41) is 7.37. The third-order valence-electron chi connectivity index (χ3n) is 3.68. The fourth-order valence-electron chi connectivity index (χ4n) is 2.60. The van der Waals surface area contributed by atoms with Crippen molar-refractivity contribution in [3.8, 4) is 11.5 Å². The Morgan fingerprint density at radius 3 is 3.00 bits per heavy atom. The van der Waals surface area contributed by atoms with Crippen LogP contribution in [-0.2, 0) is 6.42 Å². The van der Waals surface area contributed by atoms with Crippen LogP contribution in [0.2, 0.25) is 0 Å². The van der Waals surface area contributed by atoms with Crippen LogP contribution in [0.15, 0.2) is 22.7 Å². The van der Waals surface area contributed by atoms with Crippen LogP contribution in [0, 0.1) is 0 Å². The monoisotopic (exact) mass is 288 g/mol. The number of ether oxygens (including phenoxy) is 2. The van der Waals surface area contributed by atoms with Gasteiger partial charge in [-0.2, -0.15) is 4.98 Å². The maximum atomic E-state index is 5.49. The fraction of sp³-hybridized carbons (Fsp3) is 0.429. The molecule has 2 aliphatic heterocycles. The third-order valence-corrected chi connectivity index (χ3v) is 3.68. The molecule has 21 heavy (non-hydrogen) atoms. The van der Waals surface area contributed by atoms with Crippen LogP contribution in [0.1, 0.15) is 11.5 Å². The molecule has 0 saturated carbocycles. The Kier molecular flexibility index (Phi) is 3.11. The molecule has 0 spiro atoms. The lowest BCUT2D eigenvalue weighted by Gasteiger charge is -2.25. The topological polar surface area (TPSA) is 72.7 Å². The van der Waals surface area contributed by atoms with Gasteiger partial charge in [0, 0.05) is 31.7 Å². The number of rotatable bonds is 3. The molecule has 7 heteroatoms. The first-order valence-corrected chi connectivity index (χ1v) is 7.06. The number of nitrogens with zero attached hydrogens (tertiary/aromatic N) is 3. The maximum absolute atomic E-state index is 5.49. The molecule has 0 bridgehead atoms. The number of nitrogens with one attached hydrogen (secondary N) is 1. The van der Waals surface area contributed by atoms with Gasteiger partial charge < -0.3 is 24.2 Å². The van der Waals surface area contributed by atoms with Crippen LogP contribution >= 0.6 is 0 Å². The van der Waals surface area contributed by atoms with E-state index in [4.69, 9.17) is 14.0 Å². The third kappa shape index (κ3) is 2.40. The van der Waals surface area contributed by atoms with Crippen molar-refractivity contribution in [1.82, 2.24) is 15.5 Å². The van der Waals surface area contributed by atoms with E-state index in [9.17, 15) is 0 Å². The van der Waals surface area contributed by atoms with Crippen molar-refractivity contribution >= 4 is 5.95 Å². The Morgan fingerprint density at radius 2 is 2.10 bits per heavy atom. The molecular weight excluding hydrogens is 272 g/mol. The molecule has 2 aliphatic rings. The molecule has 3 heterocycles. The molecule has 2 aromatic rings.